The number of nitrogens with zero attached hydrogens (tertiary/aromatic N) is 2. The molecule has 170 valence electrons. The third kappa shape index (κ3) is 4.52. The minimum absolute atomic E-state index is 0.0107. The van der Waals surface area contributed by atoms with Crippen molar-refractivity contribution in [3.8, 4) is 0 Å². The first-order valence-corrected chi connectivity index (χ1v) is 12.0. The fraction of sp³-hybridized carbons (Fsp3) is 0.913. The summed E-state index contributed by atoms with van der Waals surface area (Å²) in [4.78, 5) is 29.0. The number of likely N-dealkylation sites (N-methyl/N-ethyl adjacent to an activating group) is 1. The normalized spacial score (nSPS) is 42.0. The molecule has 0 aromatic rings. The molecule has 0 aromatic carbocycles. The number of likely N-dealkylation sites (tertiary alicyclic amines) is 1. The van der Waals surface area contributed by atoms with Gasteiger partial charge in [-0.25, -0.2) is 4.39 Å². The van der Waals surface area contributed by atoms with Crippen LogP contribution in [0.3, 0.4) is 0 Å². The van der Waals surface area contributed by atoms with Gasteiger partial charge in [0, 0.05) is 57.1 Å². The summed E-state index contributed by atoms with van der Waals surface area (Å²) in [7, 11) is 1.90. The lowest BCUT2D eigenvalue weighted by atomic mass is 9.77. The number of halogens is 1. The predicted octanol–water partition coefficient (Wildman–Crippen LogP) is 2.08. The zero-order valence-corrected chi connectivity index (χ0v) is 18.8. The van der Waals surface area contributed by atoms with E-state index in [2.05, 4.69) is 22.5 Å². The van der Waals surface area contributed by atoms with Crippen molar-refractivity contribution in [2.24, 2.45) is 11.8 Å². The summed E-state index contributed by atoms with van der Waals surface area (Å²) in [5.74, 6) is 0.619. The van der Waals surface area contributed by atoms with Gasteiger partial charge in [-0.2, -0.15) is 0 Å². The molecule has 0 aromatic heterocycles. The summed E-state index contributed by atoms with van der Waals surface area (Å²) in [5.41, 5.74) is 0. The lowest BCUT2D eigenvalue weighted by molar-refractivity contribution is -0.129. The van der Waals surface area contributed by atoms with E-state index in [0.717, 1.165) is 51.6 Å². The Morgan fingerprint density at radius 3 is 2.67 bits per heavy atom. The Bertz CT molecular complexity index is 629. The fourth-order valence-electron chi connectivity index (χ4n) is 6.40. The van der Waals surface area contributed by atoms with Gasteiger partial charge >= 0.3 is 0 Å². The highest BCUT2D eigenvalue weighted by Gasteiger charge is 2.46. The van der Waals surface area contributed by atoms with Crippen LogP contribution in [0.5, 0.6) is 0 Å². The summed E-state index contributed by atoms with van der Waals surface area (Å²) < 4.78 is 14.4. The van der Waals surface area contributed by atoms with Crippen LogP contribution in [0.4, 0.5) is 4.39 Å². The van der Waals surface area contributed by atoms with E-state index in [0.29, 0.717) is 30.8 Å². The molecule has 30 heavy (non-hydrogen) atoms. The van der Waals surface area contributed by atoms with Crippen LogP contribution in [-0.4, -0.2) is 78.1 Å². The zero-order chi connectivity index (χ0) is 21.4. The smallest absolute Gasteiger partial charge is 0.237 e. The van der Waals surface area contributed by atoms with Crippen LogP contribution in [0, 0.1) is 11.8 Å². The fourth-order valence-corrected chi connectivity index (χ4v) is 6.40. The van der Waals surface area contributed by atoms with Crippen molar-refractivity contribution in [3.63, 3.8) is 0 Å². The molecule has 2 aliphatic heterocycles. The number of hydrogen-bond donors (Lipinski definition) is 2. The van der Waals surface area contributed by atoms with Gasteiger partial charge < -0.3 is 15.5 Å². The van der Waals surface area contributed by atoms with E-state index in [1.807, 2.05) is 11.9 Å². The van der Waals surface area contributed by atoms with Gasteiger partial charge in [0.05, 0.1) is 6.04 Å². The van der Waals surface area contributed by atoms with Crippen LogP contribution in [0.25, 0.3) is 0 Å². The molecule has 2 saturated carbocycles. The van der Waals surface area contributed by atoms with Crippen LogP contribution in [0.2, 0.25) is 0 Å². The van der Waals surface area contributed by atoms with Gasteiger partial charge in [0.15, 0.2) is 0 Å². The SMILES string of the molecule is CC(=O)N(C)C1CCN([C@@H]2CCC[C@@H](NC(=O)C3CC4C(F)CCC(C)C4N3)C2)C1. The molecule has 2 N–H and O–H groups in total. The molecule has 6 unspecified atom stereocenters. The van der Waals surface area contributed by atoms with Gasteiger partial charge in [-0.05, 0) is 57.3 Å². The lowest BCUT2D eigenvalue weighted by Gasteiger charge is -2.36. The van der Waals surface area contributed by atoms with Gasteiger partial charge in [0.25, 0.3) is 0 Å². The molecule has 0 radical (unpaired) electrons. The van der Waals surface area contributed by atoms with Gasteiger partial charge in [-0.1, -0.05) is 6.92 Å². The summed E-state index contributed by atoms with van der Waals surface area (Å²) in [5, 5.41) is 6.75. The monoisotopic (exact) mass is 422 g/mol. The second-order valence-electron chi connectivity index (χ2n) is 10.3. The highest BCUT2D eigenvalue weighted by Crippen LogP contribution is 2.38. The lowest BCUT2D eigenvalue weighted by Crippen LogP contribution is -2.51. The van der Waals surface area contributed by atoms with E-state index in [9.17, 15) is 14.0 Å². The number of carbonyl (C=O) groups excluding carboxylic acids is 2. The Kier molecular flexibility index (Phi) is 6.68. The van der Waals surface area contributed by atoms with Crippen molar-refractivity contribution in [2.45, 2.75) is 102 Å². The van der Waals surface area contributed by atoms with Gasteiger partial charge in [-0.3, -0.25) is 14.5 Å². The third-order valence-electron chi connectivity index (χ3n) is 8.40. The van der Waals surface area contributed by atoms with E-state index in [-0.39, 0.29) is 35.9 Å². The molecule has 4 aliphatic rings. The predicted molar refractivity (Wildman–Crippen MR) is 115 cm³/mol. The number of amides is 2. The van der Waals surface area contributed by atoms with Crippen LogP contribution in [0.1, 0.15) is 65.2 Å². The average Bonchev–Trinajstić information content (AvgIpc) is 3.39. The van der Waals surface area contributed by atoms with Gasteiger partial charge in [-0.15, -0.1) is 0 Å². The second kappa shape index (κ2) is 9.11. The highest BCUT2D eigenvalue weighted by molar-refractivity contribution is 5.82. The molecule has 2 aliphatic carbocycles. The number of carbonyl (C=O) groups is 2. The summed E-state index contributed by atoms with van der Waals surface area (Å²) in [6, 6.07) is 0.870. The minimum atomic E-state index is -0.771. The first-order valence-electron chi connectivity index (χ1n) is 12.0. The van der Waals surface area contributed by atoms with E-state index in [1.54, 1.807) is 6.92 Å². The van der Waals surface area contributed by atoms with E-state index in [4.69, 9.17) is 0 Å². The first kappa shape index (κ1) is 22.0. The van der Waals surface area contributed by atoms with E-state index >= 15 is 0 Å². The molecule has 2 saturated heterocycles. The second-order valence-corrected chi connectivity index (χ2v) is 10.3. The van der Waals surface area contributed by atoms with Crippen LogP contribution >= 0.6 is 0 Å². The molecule has 4 rings (SSSR count). The Morgan fingerprint density at radius 2 is 1.93 bits per heavy atom. The molecule has 6 nitrogen and oxygen atoms in total. The highest BCUT2D eigenvalue weighted by atomic mass is 19.1. The zero-order valence-electron chi connectivity index (χ0n) is 18.8. The molecule has 2 heterocycles. The first-order chi connectivity index (χ1) is 14.3. The summed E-state index contributed by atoms with van der Waals surface area (Å²) in [6.07, 6.45) is 6.71. The summed E-state index contributed by atoms with van der Waals surface area (Å²) in [6.45, 7) is 5.77. The van der Waals surface area contributed by atoms with Crippen molar-refractivity contribution in [1.82, 2.24) is 20.4 Å². The van der Waals surface area contributed by atoms with Crippen molar-refractivity contribution in [3.05, 3.63) is 0 Å². The van der Waals surface area contributed by atoms with Gasteiger partial charge in [0.2, 0.25) is 11.8 Å². The number of alkyl halides is 1. The quantitative estimate of drug-likeness (QED) is 0.728. The Labute approximate surface area is 180 Å². The Balaban J connectivity index is 1.28. The van der Waals surface area contributed by atoms with Crippen molar-refractivity contribution < 1.29 is 14.0 Å². The third-order valence-corrected chi connectivity index (χ3v) is 8.40. The van der Waals surface area contributed by atoms with Crippen molar-refractivity contribution in [1.29, 1.82) is 0 Å². The summed E-state index contributed by atoms with van der Waals surface area (Å²) >= 11 is 0. The minimum Gasteiger partial charge on any atom is -0.352 e. The molecular weight excluding hydrogens is 383 g/mol. The van der Waals surface area contributed by atoms with Crippen LogP contribution < -0.4 is 10.6 Å². The molecule has 0 bridgehead atoms. The largest absolute Gasteiger partial charge is 0.352 e. The molecule has 7 heteroatoms. The number of nitrogens with one attached hydrogen (secondary N) is 2. The average molecular weight is 423 g/mol. The number of fused-ring (bicyclic) bond motifs is 1. The maximum atomic E-state index is 14.4. The number of hydrogen-bond acceptors (Lipinski definition) is 4. The maximum absolute atomic E-state index is 14.4. The molecule has 0 spiro atoms. The molecule has 4 fully saturated rings. The van der Waals surface area contributed by atoms with E-state index < -0.39 is 6.17 Å². The number of rotatable bonds is 4. The topological polar surface area (TPSA) is 64.7 Å². The molecular formula is C23H39FN4O2. The Morgan fingerprint density at radius 1 is 1.13 bits per heavy atom. The van der Waals surface area contributed by atoms with Crippen LogP contribution in [-0.2, 0) is 9.59 Å². The van der Waals surface area contributed by atoms with Crippen molar-refractivity contribution >= 4 is 11.8 Å². The molecule has 2 amide bonds. The van der Waals surface area contributed by atoms with Gasteiger partial charge in [0.1, 0.15) is 6.17 Å². The van der Waals surface area contributed by atoms with E-state index in [1.165, 1.54) is 0 Å². The maximum Gasteiger partial charge on any atom is 0.237 e. The van der Waals surface area contributed by atoms with Crippen LogP contribution in [0.15, 0.2) is 0 Å². The standard InChI is InChI=1S/C23H39FN4O2/c1-14-7-8-20(24)19-12-21(26-22(14)19)23(30)25-16-5-4-6-17(11-16)28-10-9-18(13-28)27(3)15(2)29/h14,16-22,26H,4-13H2,1-3H3,(H,25,30)/t14?,16-,17-,18?,19?,20?,21?,22?/m1/s1. The van der Waals surface area contributed by atoms with Crippen molar-refractivity contribution in [2.75, 3.05) is 20.1 Å². The molecule has 8 atom stereocenters. The Hall–Kier alpha value is -1.21.